The van der Waals surface area contributed by atoms with Crippen molar-refractivity contribution >= 4 is 39.1 Å². The molecule has 0 spiro atoms. The molecule has 0 unspecified atom stereocenters. The van der Waals surface area contributed by atoms with Gasteiger partial charge in [0, 0.05) is 16.7 Å². The van der Waals surface area contributed by atoms with E-state index in [9.17, 15) is 4.79 Å². The number of nitrogens with zero attached hydrogens (tertiary/aromatic N) is 1. The van der Waals surface area contributed by atoms with Crippen LogP contribution in [0.1, 0.15) is 17.4 Å². The van der Waals surface area contributed by atoms with E-state index in [4.69, 9.17) is 20.9 Å². The summed E-state index contributed by atoms with van der Waals surface area (Å²) < 4.78 is 11.5. The molecule has 0 atom stereocenters. The van der Waals surface area contributed by atoms with Gasteiger partial charge in [0.15, 0.2) is 17.2 Å². The van der Waals surface area contributed by atoms with Gasteiger partial charge < -0.3 is 14.6 Å². The summed E-state index contributed by atoms with van der Waals surface area (Å²) in [5, 5.41) is 7.06. The Morgan fingerprint density at radius 3 is 2.76 bits per heavy atom. The van der Waals surface area contributed by atoms with Crippen molar-refractivity contribution in [3.8, 4) is 17.1 Å². The van der Waals surface area contributed by atoms with Crippen LogP contribution in [-0.4, -0.2) is 17.7 Å². The maximum atomic E-state index is 12.5. The highest BCUT2D eigenvalue weighted by atomic mass is 79.9. The quantitative estimate of drug-likeness (QED) is 0.598. The van der Waals surface area contributed by atoms with E-state index >= 15 is 0 Å². The molecule has 1 aromatic heterocycles. The molecule has 1 heterocycles. The van der Waals surface area contributed by atoms with Crippen molar-refractivity contribution in [1.29, 1.82) is 0 Å². The Morgan fingerprint density at radius 1 is 1.28 bits per heavy atom. The summed E-state index contributed by atoms with van der Waals surface area (Å²) in [6.45, 7) is 2.31. The average Bonchev–Trinajstić information content (AvgIpc) is 3.09. The molecule has 0 radical (unpaired) electrons. The second-order valence-corrected chi connectivity index (χ2v) is 6.38. The zero-order chi connectivity index (χ0) is 17.8. The van der Waals surface area contributed by atoms with Gasteiger partial charge in [0.05, 0.1) is 16.8 Å². The number of halogens is 2. The number of carbonyl (C=O) groups is 1. The van der Waals surface area contributed by atoms with E-state index in [0.29, 0.717) is 33.3 Å². The first-order valence-electron chi connectivity index (χ1n) is 7.54. The minimum Gasteiger partial charge on any atom is -0.491 e. The molecule has 0 aliphatic heterocycles. The molecule has 0 fully saturated rings. The summed E-state index contributed by atoms with van der Waals surface area (Å²) in [5.74, 6) is 0.608. The van der Waals surface area contributed by atoms with Gasteiger partial charge in [-0.3, -0.25) is 4.79 Å². The first-order chi connectivity index (χ1) is 12.1. The highest BCUT2D eigenvalue weighted by Gasteiger charge is 2.17. The Kier molecular flexibility index (Phi) is 5.40. The van der Waals surface area contributed by atoms with Crippen LogP contribution in [0.3, 0.4) is 0 Å². The SMILES string of the molecule is CCOc1c(Br)cc(Cl)cc1NC(=O)c1cc(-c2ccccc2)on1. The molecule has 0 aliphatic carbocycles. The molecule has 0 saturated carbocycles. The number of nitrogens with one attached hydrogen (secondary N) is 1. The molecule has 25 heavy (non-hydrogen) atoms. The summed E-state index contributed by atoms with van der Waals surface area (Å²) >= 11 is 9.45. The fourth-order valence-corrected chi connectivity index (χ4v) is 3.18. The van der Waals surface area contributed by atoms with Gasteiger partial charge in [0.25, 0.3) is 5.91 Å². The molecule has 1 amide bonds. The van der Waals surface area contributed by atoms with E-state index < -0.39 is 5.91 Å². The lowest BCUT2D eigenvalue weighted by atomic mass is 10.1. The maximum absolute atomic E-state index is 12.5. The molecule has 128 valence electrons. The van der Waals surface area contributed by atoms with Crippen LogP contribution in [0.15, 0.2) is 57.5 Å². The van der Waals surface area contributed by atoms with Gasteiger partial charge in [0.2, 0.25) is 0 Å². The number of carbonyl (C=O) groups excluding carboxylic acids is 1. The molecular formula is C18H14BrClN2O3. The molecule has 7 heteroatoms. The fraction of sp³-hybridized carbons (Fsp3) is 0.111. The summed E-state index contributed by atoms with van der Waals surface area (Å²) in [6.07, 6.45) is 0. The highest BCUT2D eigenvalue weighted by Crippen LogP contribution is 2.37. The molecule has 1 N–H and O–H groups in total. The average molecular weight is 422 g/mol. The number of hydrogen-bond acceptors (Lipinski definition) is 4. The molecule has 0 bridgehead atoms. The number of ether oxygens (including phenoxy) is 1. The van der Waals surface area contributed by atoms with Crippen molar-refractivity contribution in [2.45, 2.75) is 6.92 Å². The van der Waals surface area contributed by atoms with E-state index in [0.717, 1.165) is 5.56 Å². The number of rotatable bonds is 5. The van der Waals surface area contributed by atoms with Crippen LogP contribution in [0.2, 0.25) is 5.02 Å². The maximum Gasteiger partial charge on any atom is 0.277 e. The van der Waals surface area contributed by atoms with Crippen LogP contribution >= 0.6 is 27.5 Å². The monoisotopic (exact) mass is 420 g/mol. The zero-order valence-electron chi connectivity index (χ0n) is 13.3. The Balaban J connectivity index is 1.85. The minimum absolute atomic E-state index is 0.164. The Bertz CT molecular complexity index is 897. The Labute approximate surface area is 158 Å². The van der Waals surface area contributed by atoms with Crippen LogP contribution in [0.4, 0.5) is 5.69 Å². The van der Waals surface area contributed by atoms with Crippen LogP contribution in [0.25, 0.3) is 11.3 Å². The van der Waals surface area contributed by atoms with E-state index in [1.54, 1.807) is 18.2 Å². The van der Waals surface area contributed by atoms with Gasteiger partial charge in [-0.05, 0) is 35.0 Å². The third-order valence-electron chi connectivity index (χ3n) is 3.35. The first-order valence-corrected chi connectivity index (χ1v) is 8.71. The highest BCUT2D eigenvalue weighted by molar-refractivity contribution is 9.10. The summed E-state index contributed by atoms with van der Waals surface area (Å²) in [7, 11) is 0. The van der Waals surface area contributed by atoms with Crippen LogP contribution < -0.4 is 10.1 Å². The topological polar surface area (TPSA) is 64.4 Å². The number of aromatic nitrogens is 1. The van der Waals surface area contributed by atoms with E-state index in [-0.39, 0.29) is 5.69 Å². The van der Waals surface area contributed by atoms with Gasteiger partial charge in [0.1, 0.15) is 0 Å². The lowest BCUT2D eigenvalue weighted by molar-refractivity contribution is 0.101. The summed E-state index contributed by atoms with van der Waals surface area (Å²) in [4.78, 5) is 12.5. The molecular weight excluding hydrogens is 408 g/mol. The van der Waals surface area contributed by atoms with Crippen molar-refractivity contribution in [1.82, 2.24) is 5.16 Å². The zero-order valence-corrected chi connectivity index (χ0v) is 15.6. The van der Waals surface area contributed by atoms with Gasteiger partial charge in [-0.1, -0.05) is 47.1 Å². The second kappa shape index (κ2) is 7.72. The van der Waals surface area contributed by atoms with E-state index in [1.165, 1.54) is 0 Å². The molecule has 2 aromatic carbocycles. The van der Waals surface area contributed by atoms with Crippen molar-refractivity contribution < 1.29 is 14.1 Å². The molecule has 3 aromatic rings. The van der Waals surface area contributed by atoms with Gasteiger partial charge in [-0.15, -0.1) is 0 Å². The number of amides is 1. The Hall–Kier alpha value is -2.31. The standard InChI is InChI=1S/C18H14BrClN2O3/c1-2-24-17-13(19)8-12(20)9-14(17)21-18(23)15-10-16(25-22-15)11-6-4-3-5-7-11/h3-10H,2H2,1H3,(H,21,23). The predicted molar refractivity (Wildman–Crippen MR) is 100 cm³/mol. The van der Waals surface area contributed by atoms with Gasteiger partial charge in [-0.25, -0.2) is 0 Å². The van der Waals surface area contributed by atoms with Crippen LogP contribution in [0, 0.1) is 0 Å². The lowest BCUT2D eigenvalue weighted by Gasteiger charge is -2.13. The lowest BCUT2D eigenvalue weighted by Crippen LogP contribution is -2.13. The fourth-order valence-electron chi connectivity index (χ4n) is 2.25. The minimum atomic E-state index is -0.416. The molecule has 0 saturated heterocycles. The van der Waals surface area contributed by atoms with Crippen LogP contribution in [-0.2, 0) is 0 Å². The van der Waals surface area contributed by atoms with Crippen molar-refractivity contribution in [3.05, 3.63) is 63.7 Å². The normalized spacial score (nSPS) is 10.5. The smallest absolute Gasteiger partial charge is 0.277 e. The molecule has 0 aliphatic rings. The van der Waals surface area contributed by atoms with Crippen molar-refractivity contribution in [2.75, 3.05) is 11.9 Å². The van der Waals surface area contributed by atoms with Gasteiger partial charge >= 0.3 is 0 Å². The van der Waals surface area contributed by atoms with Crippen molar-refractivity contribution in [2.24, 2.45) is 0 Å². The van der Waals surface area contributed by atoms with E-state index in [2.05, 4.69) is 26.4 Å². The van der Waals surface area contributed by atoms with E-state index in [1.807, 2.05) is 37.3 Å². The van der Waals surface area contributed by atoms with Crippen LogP contribution in [0.5, 0.6) is 5.75 Å². The molecule has 5 nitrogen and oxygen atoms in total. The number of hydrogen-bond donors (Lipinski definition) is 1. The van der Waals surface area contributed by atoms with Crippen molar-refractivity contribution in [3.63, 3.8) is 0 Å². The van der Waals surface area contributed by atoms with Gasteiger partial charge in [-0.2, -0.15) is 0 Å². The second-order valence-electron chi connectivity index (χ2n) is 5.09. The summed E-state index contributed by atoms with van der Waals surface area (Å²) in [5.41, 5.74) is 1.46. The largest absolute Gasteiger partial charge is 0.491 e. The first kappa shape index (κ1) is 17.5. The predicted octanol–water partition coefficient (Wildman–Crippen LogP) is 5.41. The third kappa shape index (κ3) is 4.03. The number of anilines is 1. The third-order valence-corrected chi connectivity index (χ3v) is 4.15. The summed E-state index contributed by atoms with van der Waals surface area (Å²) in [6, 6.07) is 14.3. The Morgan fingerprint density at radius 2 is 2.04 bits per heavy atom. The number of benzene rings is 2. The molecule has 3 rings (SSSR count).